The van der Waals surface area contributed by atoms with E-state index in [9.17, 15) is 14.3 Å². The number of aliphatic hydroxyl groups excluding tert-OH is 1. The number of benzene rings is 1. The van der Waals surface area contributed by atoms with Gasteiger partial charge in [0.15, 0.2) is 6.29 Å². The van der Waals surface area contributed by atoms with Crippen molar-refractivity contribution < 1.29 is 28.5 Å². The van der Waals surface area contributed by atoms with Gasteiger partial charge in [0.1, 0.15) is 18.2 Å². The van der Waals surface area contributed by atoms with Crippen LogP contribution in [0.5, 0.6) is 0 Å². The molecule has 1 aromatic rings. The van der Waals surface area contributed by atoms with Crippen LogP contribution in [0.4, 0.5) is 15.8 Å². The molecule has 2 unspecified atom stereocenters. The van der Waals surface area contributed by atoms with Gasteiger partial charge in [0.25, 0.3) is 0 Å². The first kappa shape index (κ1) is 46.2. The molecule has 0 aromatic heterocycles. The molecule has 0 aliphatic heterocycles. The summed E-state index contributed by atoms with van der Waals surface area (Å²) in [6.45, 7) is 19.6. The molecule has 0 radical (unpaired) electrons. The Bertz CT molecular complexity index is 1180. The van der Waals surface area contributed by atoms with E-state index in [4.69, 9.17) is 14.2 Å². The van der Waals surface area contributed by atoms with E-state index in [0.717, 1.165) is 55.7 Å². The van der Waals surface area contributed by atoms with E-state index in [1.54, 1.807) is 32.9 Å². The minimum absolute atomic E-state index is 0.145. The number of hydrogen-bond donors (Lipinski definition) is 2. The fourth-order valence-electron chi connectivity index (χ4n) is 3.66. The van der Waals surface area contributed by atoms with Crippen LogP contribution in [-0.4, -0.2) is 57.3 Å². The zero-order valence-corrected chi connectivity index (χ0v) is 30.6. The van der Waals surface area contributed by atoms with Crippen LogP contribution >= 0.6 is 0 Å². The normalized spacial score (nSPS) is 13.1. The van der Waals surface area contributed by atoms with Crippen LogP contribution in [-0.2, 0) is 19.0 Å². The third-order valence-electron chi connectivity index (χ3n) is 6.52. The van der Waals surface area contributed by atoms with Gasteiger partial charge in [-0.05, 0) is 114 Å². The van der Waals surface area contributed by atoms with Crippen LogP contribution in [0.2, 0.25) is 0 Å². The van der Waals surface area contributed by atoms with Crippen molar-refractivity contribution >= 4 is 17.3 Å². The molecule has 268 valence electrons. The van der Waals surface area contributed by atoms with E-state index < -0.39 is 12.2 Å². The van der Waals surface area contributed by atoms with Gasteiger partial charge in [-0.3, -0.25) is 4.79 Å². The van der Waals surface area contributed by atoms with E-state index in [1.807, 2.05) is 62.4 Å². The second-order valence-electron chi connectivity index (χ2n) is 10.5. The van der Waals surface area contributed by atoms with Crippen molar-refractivity contribution in [3.8, 4) is 12.3 Å². The predicted octanol–water partition coefficient (Wildman–Crippen LogP) is 9.31. The monoisotopic (exact) mass is 668 g/mol. The number of rotatable bonds is 21. The number of allylic oxidation sites excluding steroid dienone is 6. The lowest BCUT2D eigenvalue weighted by Gasteiger charge is -2.23. The fourth-order valence-corrected chi connectivity index (χ4v) is 3.66. The summed E-state index contributed by atoms with van der Waals surface area (Å²) < 4.78 is 29.5. The second-order valence-corrected chi connectivity index (χ2v) is 10.5. The smallest absolute Gasteiger partial charge is 0.231 e. The first-order chi connectivity index (χ1) is 23.1. The summed E-state index contributed by atoms with van der Waals surface area (Å²) in [5.74, 6) is 1.92. The molecule has 0 spiro atoms. The number of aliphatic hydroxyl groups is 1. The van der Waals surface area contributed by atoms with Crippen molar-refractivity contribution in [1.82, 2.24) is 0 Å². The number of ether oxygens (including phenoxy) is 3. The first-order valence-electron chi connectivity index (χ1n) is 16.7. The molecule has 8 heteroatoms. The van der Waals surface area contributed by atoms with E-state index >= 15 is 0 Å². The van der Waals surface area contributed by atoms with Crippen LogP contribution in [0.1, 0.15) is 74.1 Å². The Morgan fingerprint density at radius 1 is 1.12 bits per heavy atom. The molecule has 0 bridgehead atoms. The van der Waals surface area contributed by atoms with Crippen molar-refractivity contribution in [2.45, 2.75) is 80.4 Å². The zero-order valence-electron chi connectivity index (χ0n) is 30.6. The summed E-state index contributed by atoms with van der Waals surface area (Å²) in [6.07, 6.45) is 21.1. The van der Waals surface area contributed by atoms with Gasteiger partial charge < -0.3 is 29.5 Å². The summed E-state index contributed by atoms with van der Waals surface area (Å²) in [7, 11) is 1.46. The van der Waals surface area contributed by atoms with E-state index in [1.165, 1.54) is 19.3 Å². The number of amides is 1. The number of halogens is 1. The van der Waals surface area contributed by atoms with Gasteiger partial charge in [0.05, 0.1) is 12.5 Å². The number of anilines is 2. The van der Waals surface area contributed by atoms with Crippen molar-refractivity contribution in [3.05, 3.63) is 96.6 Å². The SMILES string of the molecule is C#CC.C/C=C(F)\C=C/COC(/C=C\CC)=C/C(C)C(=O)Nc1ccc(N(CC)CCCCOC/C=C(\C)C(O)OC)cc1.C=CCC. The Morgan fingerprint density at radius 2 is 1.77 bits per heavy atom. The van der Waals surface area contributed by atoms with Crippen molar-refractivity contribution in [3.63, 3.8) is 0 Å². The van der Waals surface area contributed by atoms with Gasteiger partial charge >= 0.3 is 0 Å². The van der Waals surface area contributed by atoms with E-state index in [-0.39, 0.29) is 18.3 Å². The van der Waals surface area contributed by atoms with Crippen LogP contribution < -0.4 is 10.2 Å². The molecule has 0 heterocycles. The van der Waals surface area contributed by atoms with Gasteiger partial charge in [-0.15, -0.1) is 18.9 Å². The second kappa shape index (κ2) is 31.7. The number of hydrogen-bond acceptors (Lipinski definition) is 6. The number of unbranched alkanes of at least 4 members (excludes halogenated alkanes) is 1. The van der Waals surface area contributed by atoms with Crippen molar-refractivity contribution in [2.24, 2.45) is 5.92 Å². The molecule has 2 atom stereocenters. The fraction of sp³-hybridized carbons (Fsp3) is 0.475. The van der Waals surface area contributed by atoms with Gasteiger partial charge in [0.2, 0.25) is 5.91 Å². The Morgan fingerprint density at radius 3 is 2.31 bits per heavy atom. The van der Waals surface area contributed by atoms with Crippen LogP contribution in [0.25, 0.3) is 0 Å². The lowest BCUT2D eigenvalue weighted by Crippen LogP contribution is -2.24. The minimum Gasteiger partial charge on any atom is -0.490 e. The summed E-state index contributed by atoms with van der Waals surface area (Å²) in [4.78, 5) is 15.1. The maximum absolute atomic E-state index is 13.2. The number of methoxy groups -OCH3 is 1. The molecular weight excluding hydrogens is 607 g/mol. The molecule has 0 saturated carbocycles. The largest absolute Gasteiger partial charge is 0.490 e. The molecule has 48 heavy (non-hydrogen) atoms. The summed E-state index contributed by atoms with van der Waals surface area (Å²) in [5.41, 5.74) is 2.55. The molecule has 0 aliphatic carbocycles. The molecule has 2 N–H and O–H groups in total. The van der Waals surface area contributed by atoms with Crippen LogP contribution in [0.3, 0.4) is 0 Å². The van der Waals surface area contributed by atoms with Crippen LogP contribution in [0, 0.1) is 18.3 Å². The average Bonchev–Trinajstić information content (AvgIpc) is 3.10. The highest BCUT2D eigenvalue weighted by atomic mass is 19.1. The minimum atomic E-state index is -0.882. The summed E-state index contributed by atoms with van der Waals surface area (Å²) >= 11 is 0. The highest BCUT2D eigenvalue weighted by Gasteiger charge is 2.13. The van der Waals surface area contributed by atoms with E-state index in [2.05, 4.69) is 43.0 Å². The Kier molecular flexibility index (Phi) is 30.5. The number of carbonyl (C=O) groups excluding carboxylic acids is 1. The standard InChI is InChI=1S/C33H49FN2O5.C4H8.C3H4/c1-7-10-15-31(41-23-13-14-28(34)8-2)25-27(5)32(37)35-29-16-18-30(19-17-29)36(9-3)21-11-12-22-40-24-20-26(4)33(38)39-6;1-3-4-2;1-3-2/h8,10,13-20,25,27,33,38H,7,9,11-12,21-24H2,1-6H3,(H,35,37);3H,1,4H2,2H3;1H,2H3/b14-13-,15-10-,26-20+,28-8+,31-25+;;. The lowest BCUT2D eigenvalue weighted by atomic mass is 10.1. The van der Waals surface area contributed by atoms with Gasteiger partial charge in [0, 0.05) is 38.2 Å². The highest BCUT2D eigenvalue weighted by molar-refractivity contribution is 5.93. The Hall–Kier alpha value is -3.90. The molecule has 1 aromatic carbocycles. The molecule has 1 amide bonds. The van der Waals surface area contributed by atoms with E-state index in [0.29, 0.717) is 19.0 Å². The number of nitrogens with one attached hydrogen (secondary N) is 1. The number of carbonyl (C=O) groups is 1. The first-order valence-corrected chi connectivity index (χ1v) is 16.7. The topological polar surface area (TPSA) is 80.3 Å². The maximum Gasteiger partial charge on any atom is 0.231 e. The third-order valence-corrected chi connectivity index (χ3v) is 6.52. The third kappa shape index (κ3) is 24.3. The number of nitrogens with zero attached hydrogens (tertiary/aromatic N) is 1. The van der Waals surface area contributed by atoms with Gasteiger partial charge in [-0.1, -0.05) is 38.2 Å². The van der Waals surface area contributed by atoms with Crippen molar-refractivity contribution in [2.75, 3.05) is 50.2 Å². The maximum atomic E-state index is 13.2. The zero-order chi connectivity index (χ0) is 36.6. The molecule has 0 aliphatic rings. The number of terminal acetylenes is 1. The van der Waals surface area contributed by atoms with Gasteiger partial charge in [-0.25, -0.2) is 4.39 Å². The Balaban J connectivity index is 0. The molecule has 1 rings (SSSR count). The van der Waals surface area contributed by atoms with Crippen molar-refractivity contribution in [1.29, 1.82) is 0 Å². The quantitative estimate of drug-likeness (QED) is 0.0340. The highest BCUT2D eigenvalue weighted by Crippen LogP contribution is 2.20. The molecule has 0 fully saturated rings. The van der Waals surface area contributed by atoms with Gasteiger partial charge in [-0.2, -0.15) is 0 Å². The lowest BCUT2D eigenvalue weighted by molar-refractivity contribution is -0.118. The summed E-state index contributed by atoms with van der Waals surface area (Å²) in [6, 6.07) is 7.85. The Labute approximate surface area is 290 Å². The average molecular weight is 669 g/mol. The predicted molar refractivity (Wildman–Crippen MR) is 201 cm³/mol. The molecule has 7 nitrogen and oxygen atoms in total. The summed E-state index contributed by atoms with van der Waals surface area (Å²) in [5, 5.41) is 12.5. The molecular formula is C40H61FN2O5. The molecule has 0 saturated heterocycles. The van der Waals surface area contributed by atoms with Crippen LogP contribution in [0.15, 0.2) is 96.6 Å².